The molecular weight excluding hydrogens is 921 g/mol. The molecule has 352 valence electrons. The summed E-state index contributed by atoms with van der Waals surface area (Å²) in [5.41, 5.74) is 4.37. The van der Waals surface area contributed by atoms with Gasteiger partial charge in [-0.3, -0.25) is 4.55 Å². The van der Waals surface area contributed by atoms with E-state index >= 15 is 0 Å². The third-order valence-corrected chi connectivity index (χ3v) is 12.9. The average molecular weight is 971 g/mol. The summed E-state index contributed by atoms with van der Waals surface area (Å²) >= 11 is 2.23. The fourth-order valence-electron chi connectivity index (χ4n) is 7.13. The van der Waals surface area contributed by atoms with Gasteiger partial charge in [0.05, 0.1) is 66.1 Å². The molecule has 0 fully saturated rings. The van der Waals surface area contributed by atoms with Gasteiger partial charge in [-0.05, 0) is 93.2 Å². The Hall–Kier alpha value is -6.70. The third kappa shape index (κ3) is 11.0. The number of aromatic nitrogens is 5. The lowest BCUT2D eigenvalue weighted by Gasteiger charge is -2.25. The Morgan fingerprint density at radius 1 is 0.627 bits per heavy atom. The molecule has 7 aromatic rings. The molecule has 24 heteroatoms. The van der Waals surface area contributed by atoms with Crippen LogP contribution in [0.1, 0.15) is 27.7 Å². The zero-order chi connectivity index (χ0) is 47.7. The first kappa shape index (κ1) is 48.2. The monoisotopic (exact) mass is 970 g/mol. The van der Waals surface area contributed by atoms with E-state index in [0.29, 0.717) is 70.6 Å². The molecule has 0 amide bonds. The highest BCUT2D eigenvalue weighted by atomic mass is 32.2. The summed E-state index contributed by atoms with van der Waals surface area (Å²) in [7, 11) is -1.35. The maximum absolute atomic E-state index is 12.0. The fourth-order valence-corrected chi connectivity index (χ4v) is 9.01. The second kappa shape index (κ2) is 21.7. The second-order valence-electron chi connectivity index (χ2n) is 14.4. The minimum absolute atomic E-state index is 0.0540. The molecule has 0 aliphatic heterocycles. The number of nitrogens with zero attached hydrogens (tertiary/aromatic N) is 12. The molecule has 0 aliphatic carbocycles. The van der Waals surface area contributed by atoms with Crippen LogP contribution in [0.25, 0.3) is 21.8 Å². The van der Waals surface area contributed by atoms with E-state index in [9.17, 15) is 23.2 Å². The number of methoxy groups -OCH3 is 2. The summed E-state index contributed by atoms with van der Waals surface area (Å²) in [6.45, 7) is 10.5. The maximum Gasteiger partial charge on any atom is 0.294 e. The smallest absolute Gasteiger partial charge is 0.294 e. The van der Waals surface area contributed by atoms with E-state index in [0.717, 1.165) is 33.8 Å². The number of rotatable bonds is 22. The van der Waals surface area contributed by atoms with Crippen LogP contribution in [-0.4, -0.2) is 114 Å². The Balaban J connectivity index is 1.37. The van der Waals surface area contributed by atoms with Crippen LogP contribution in [-0.2, 0) is 10.1 Å². The van der Waals surface area contributed by atoms with E-state index in [4.69, 9.17) is 29.5 Å². The molecule has 0 radical (unpaired) electrons. The number of hydrogen-bond donors (Lipinski definition) is 5. The molecule has 0 spiro atoms. The van der Waals surface area contributed by atoms with Gasteiger partial charge in [-0.2, -0.15) is 32.1 Å². The largest absolute Gasteiger partial charge is 0.494 e. The van der Waals surface area contributed by atoms with Crippen LogP contribution in [0.15, 0.2) is 92.1 Å². The first-order chi connectivity index (χ1) is 32.4. The lowest BCUT2D eigenvalue weighted by Crippen LogP contribution is -2.31. The Kier molecular flexibility index (Phi) is 15.6. The van der Waals surface area contributed by atoms with Crippen LogP contribution in [0.4, 0.5) is 62.0 Å². The van der Waals surface area contributed by atoms with Crippen molar-refractivity contribution in [1.29, 1.82) is 0 Å². The number of nitrogens with one attached hydrogen (secondary N) is 2. The van der Waals surface area contributed by atoms with Crippen LogP contribution in [0, 0.1) is 0 Å². The molecule has 21 nitrogen and oxygen atoms in total. The van der Waals surface area contributed by atoms with Gasteiger partial charge >= 0.3 is 0 Å². The van der Waals surface area contributed by atoms with E-state index in [1.54, 1.807) is 31.3 Å². The van der Waals surface area contributed by atoms with Crippen LogP contribution in [0.5, 0.6) is 11.5 Å². The van der Waals surface area contributed by atoms with Gasteiger partial charge in [-0.15, -0.1) is 20.5 Å². The van der Waals surface area contributed by atoms with E-state index in [1.807, 2.05) is 64.1 Å². The van der Waals surface area contributed by atoms with Crippen molar-refractivity contribution < 1.29 is 32.7 Å². The predicted octanol–water partition coefficient (Wildman–Crippen LogP) is 9.16. The highest BCUT2D eigenvalue weighted by Gasteiger charge is 2.22. The zero-order valence-corrected chi connectivity index (χ0v) is 40.0. The van der Waals surface area contributed by atoms with Crippen LogP contribution >= 0.6 is 23.1 Å². The minimum Gasteiger partial charge on any atom is -0.494 e. The highest BCUT2D eigenvalue weighted by molar-refractivity contribution is 7.85. The molecule has 5 N–H and O–H groups in total. The van der Waals surface area contributed by atoms with Crippen LogP contribution < -0.4 is 34.8 Å². The predicted molar refractivity (Wildman–Crippen MR) is 263 cm³/mol. The summed E-state index contributed by atoms with van der Waals surface area (Å²) in [5, 5.41) is 47.4. The first-order valence-electron chi connectivity index (χ1n) is 21.2. The number of ether oxygens (including phenoxy) is 2. The topological polar surface area (TPSA) is 261 Å². The van der Waals surface area contributed by atoms with Crippen molar-refractivity contribution in [2.24, 2.45) is 20.5 Å². The van der Waals surface area contributed by atoms with Crippen LogP contribution in [0.3, 0.4) is 0 Å². The molecule has 3 aromatic heterocycles. The third-order valence-electron chi connectivity index (χ3n) is 10.5. The van der Waals surface area contributed by atoms with Crippen molar-refractivity contribution >= 4 is 117 Å². The molecule has 4 aromatic carbocycles. The number of hydrogen-bond acceptors (Lipinski definition) is 22. The Morgan fingerprint density at radius 3 is 1.60 bits per heavy atom. The van der Waals surface area contributed by atoms with Gasteiger partial charge in [0.1, 0.15) is 22.9 Å². The SMILES string of the molecule is CCN(CC)c1cc(Nc2nc(Nc3cc(N(CC)CC)c(OC)cc3/N=N/c3snc4ccc(S(=O)(=O)O)cc34)nc(N(CCO)CCO)n2)c(/N=N/c2snc3ccccc23)cc1OC. The van der Waals surface area contributed by atoms with Crippen LogP contribution in [0.2, 0.25) is 0 Å². The Bertz CT molecular complexity index is 3010. The standard InChI is InChI=1S/C43H50N14O7S3/c1-7-55(8-2)35-22-31(33(24-37(35)63-5)49-51-39-27-13-11-12-14-29(27)53-65-39)44-41-46-42(48-43(47-41)57(17-19-58)18-20-59)45-32-23-36(56(9-3)10-4)38(64-6)25-34(32)50-52-40-28-21-26(67(60,61)62)15-16-30(28)54-66-40/h11-16,21-25,58-59H,7-10,17-20H2,1-6H3,(H,60,61,62)(H2,44,45,46,47,48)/b51-49+,52-50+. The van der Waals surface area contributed by atoms with E-state index < -0.39 is 10.1 Å². The van der Waals surface area contributed by atoms with Gasteiger partial charge in [0.25, 0.3) is 10.1 Å². The van der Waals surface area contributed by atoms with Gasteiger partial charge in [0.2, 0.25) is 17.8 Å². The molecule has 67 heavy (non-hydrogen) atoms. The van der Waals surface area contributed by atoms with Gasteiger partial charge < -0.3 is 45.0 Å². The van der Waals surface area contributed by atoms with E-state index in [1.165, 1.54) is 29.7 Å². The Morgan fingerprint density at radius 2 is 1.12 bits per heavy atom. The molecule has 3 heterocycles. The second-order valence-corrected chi connectivity index (χ2v) is 17.4. The van der Waals surface area contributed by atoms with Crippen molar-refractivity contribution in [2.75, 3.05) is 92.0 Å². The van der Waals surface area contributed by atoms with Crippen molar-refractivity contribution in [1.82, 2.24) is 23.7 Å². The van der Waals surface area contributed by atoms with Crippen molar-refractivity contribution in [3.05, 3.63) is 66.7 Å². The number of aliphatic hydroxyl groups is 2. The molecule has 0 unspecified atom stereocenters. The fraction of sp³-hybridized carbons (Fsp3) is 0.326. The van der Waals surface area contributed by atoms with Gasteiger partial charge in [0.15, 0.2) is 10.0 Å². The highest BCUT2D eigenvalue weighted by Crippen LogP contribution is 2.44. The summed E-state index contributed by atoms with van der Waals surface area (Å²) in [6.07, 6.45) is 0. The first-order valence-corrected chi connectivity index (χ1v) is 24.2. The lowest BCUT2D eigenvalue weighted by atomic mass is 10.2. The van der Waals surface area contributed by atoms with E-state index in [-0.39, 0.29) is 59.7 Å². The van der Waals surface area contributed by atoms with Gasteiger partial charge in [-0.1, -0.05) is 12.1 Å². The summed E-state index contributed by atoms with van der Waals surface area (Å²) < 4.78 is 54.3. The average Bonchev–Trinajstić information content (AvgIpc) is 3.95. The van der Waals surface area contributed by atoms with Crippen molar-refractivity contribution in [2.45, 2.75) is 32.6 Å². The summed E-state index contributed by atoms with van der Waals surface area (Å²) in [6, 6.07) is 18.9. The summed E-state index contributed by atoms with van der Waals surface area (Å²) in [5.74, 6) is 1.33. The van der Waals surface area contributed by atoms with Crippen molar-refractivity contribution in [3.8, 4) is 11.5 Å². The molecule has 0 bridgehead atoms. The minimum atomic E-state index is -4.50. The maximum atomic E-state index is 12.0. The molecule has 0 aliphatic rings. The number of fused-ring (bicyclic) bond motifs is 2. The molecule has 7 rings (SSSR count). The number of azo groups is 2. The van der Waals surface area contributed by atoms with Crippen molar-refractivity contribution in [3.63, 3.8) is 0 Å². The number of benzene rings is 4. The molecular formula is C43H50N14O7S3. The van der Waals surface area contributed by atoms with Gasteiger partial charge in [-0.25, -0.2) is 0 Å². The molecule has 0 saturated heterocycles. The Labute approximate surface area is 395 Å². The number of anilines is 7. The lowest BCUT2D eigenvalue weighted by molar-refractivity contribution is 0.280. The zero-order valence-electron chi connectivity index (χ0n) is 37.6. The van der Waals surface area contributed by atoms with Gasteiger partial charge in [0, 0.05) is 62.2 Å². The quantitative estimate of drug-likeness (QED) is 0.0313. The number of aliphatic hydroxyl groups excluding tert-OH is 2. The molecule has 0 atom stereocenters. The normalized spacial score (nSPS) is 11.8. The molecule has 0 saturated carbocycles. The van der Waals surface area contributed by atoms with E-state index in [2.05, 4.69) is 44.5 Å². The summed E-state index contributed by atoms with van der Waals surface area (Å²) in [4.78, 5) is 19.9.